The zero-order chi connectivity index (χ0) is 12.2. The van der Waals surface area contributed by atoms with Crippen LogP contribution in [0, 0.1) is 5.92 Å². The molecule has 1 saturated carbocycles. The van der Waals surface area contributed by atoms with E-state index in [4.69, 9.17) is 5.73 Å². The molecule has 0 saturated heterocycles. The van der Waals surface area contributed by atoms with Gasteiger partial charge in [-0.2, -0.15) is 11.8 Å². The first-order valence-electron chi connectivity index (χ1n) is 6.51. The van der Waals surface area contributed by atoms with Gasteiger partial charge in [0.05, 0.1) is 0 Å². The van der Waals surface area contributed by atoms with Gasteiger partial charge in [-0.15, -0.1) is 0 Å². The third kappa shape index (κ3) is 2.93. The van der Waals surface area contributed by atoms with E-state index in [1.807, 2.05) is 11.8 Å². The van der Waals surface area contributed by atoms with Gasteiger partial charge in [-0.3, -0.25) is 4.90 Å². The highest BCUT2D eigenvalue weighted by Gasteiger charge is 2.41. The average Bonchev–Trinajstić information content (AvgIpc) is 2.68. The van der Waals surface area contributed by atoms with Crippen molar-refractivity contribution in [1.82, 2.24) is 4.90 Å². The minimum Gasteiger partial charge on any atom is -0.329 e. The van der Waals surface area contributed by atoms with Crippen LogP contribution < -0.4 is 5.73 Å². The fraction of sp³-hybridized carbons (Fsp3) is 1.00. The largest absolute Gasteiger partial charge is 0.329 e. The van der Waals surface area contributed by atoms with Crippen LogP contribution in [0.4, 0.5) is 0 Å². The Balaban J connectivity index is 2.71. The highest BCUT2D eigenvalue weighted by Crippen LogP contribution is 2.39. The highest BCUT2D eigenvalue weighted by atomic mass is 32.2. The molecule has 0 amide bonds. The average molecular weight is 244 g/mol. The summed E-state index contributed by atoms with van der Waals surface area (Å²) in [5.74, 6) is 2.07. The topological polar surface area (TPSA) is 29.3 Å². The molecule has 3 heteroatoms. The fourth-order valence-corrected chi connectivity index (χ4v) is 3.94. The van der Waals surface area contributed by atoms with E-state index in [1.165, 1.54) is 31.4 Å². The second-order valence-electron chi connectivity index (χ2n) is 5.40. The van der Waals surface area contributed by atoms with Crippen LogP contribution in [0.1, 0.15) is 39.5 Å². The lowest BCUT2D eigenvalue weighted by Crippen LogP contribution is -2.55. The van der Waals surface area contributed by atoms with E-state index >= 15 is 0 Å². The predicted octanol–water partition coefficient (Wildman–Crippen LogP) is 2.58. The summed E-state index contributed by atoms with van der Waals surface area (Å²) >= 11 is 1.95. The van der Waals surface area contributed by atoms with Crippen LogP contribution in [0.5, 0.6) is 0 Å². The van der Waals surface area contributed by atoms with Gasteiger partial charge in [-0.1, -0.05) is 13.8 Å². The zero-order valence-corrected chi connectivity index (χ0v) is 12.1. The summed E-state index contributed by atoms with van der Waals surface area (Å²) in [6.07, 6.45) is 7.34. The molecular formula is C13H28N2S. The highest BCUT2D eigenvalue weighted by molar-refractivity contribution is 7.98. The molecule has 1 aliphatic rings. The van der Waals surface area contributed by atoms with Crippen molar-refractivity contribution < 1.29 is 0 Å². The van der Waals surface area contributed by atoms with Crippen molar-refractivity contribution >= 4 is 11.8 Å². The van der Waals surface area contributed by atoms with Crippen LogP contribution >= 0.6 is 11.8 Å². The lowest BCUT2D eigenvalue weighted by Gasteiger charge is -2.43. The summed E-state index contributed by atoms with van der Waals surface area (Å²) in [6.45, 7) is 5.47. The third-order valence-corrected chi connectivity index (χ3v) is 5.06. The Bertz CT molecular complexity index is 210. The summed E-state index contributed by atoms with van der Waals surface area (Å²) in [6, 6.07) is 0.684. The molecule has 0 radical (unpaired) electrons. The third-order valence-electron chi connectivity index (χ3n) is 4.34. The van der Waals surface area contributed by atoms with Gasteiger partial charge < -0.3 is 5.73 Å². The number of hydrogen-bond acceptors (Lipinski definition) is 3. The molecule has 0 aromatic heterocycles. The van der Waals surface area contributed by atoms with Crippen LogP contribution in [-0.2, 0) is 0 Å². The van der Waals surface area contributed by atoms with E-state index in [-0.39, 0.29) is 5.54 Å². The van der Waals surface area contributed by atoms with Crippen molar-refractivity contribution in [3.63, 3.8) is 0 Å². The first kappa shape index (κ1) is 14.3. The number of likely N-dealkylation sites (N-methyl/N-ethyl adjacent to an activating group) is 1. The van der Waals surface area contributed by atoms with Crippen LogP contribution in [0.15, 0.2) is 0 Å². The molecule has 0 bridgehead atoms. The van der Waals surface area contributed by atoms with E-state index < -0.39 is 0 Å². The summed E-state index contributed by atoms with van der Waals surface area (Å²) < 4.78 is 0. The number of hydrogen-bond donors (Lipinski definition) is 1. The molecule has 2 N–H and O–H groups in total. The van der Waals surface area contributed by atoms with Gasteiger partial charge in [-0.25, -0.2) is 0 Å². The predicted molar refractivity (Wildman–Crippen MR) is 75.0 cm³/mol. The Labute approximate surface area is 105 Å². The van der Waals surface area contributed by atoms with Crippen molar-refractivity contribution in [2.45, 2.75) is 51.1 Å². The van der Waals surface area contributed by atoms with Gasteiger partial charge in [0, 0.05) is 23.9 Å². The quantitative estimate of drug-likeness (QED) is 0.779. The van der Waals surface area contributed by atoms with Gasteiger partial charge in [0.2, 0.25) is 0 Å². The number of nitrogens with two attached hydrogens (primary N) is 1. The molecule has 0 spiro atoms. The first-order valence-corrected chi connectivity index (χ1v) is 7.91. The second kappa shape index (κ2) is 6.27. The molecule has 16 heavy (non-hydrogen) atoms. The van der Waals surface area contributed by atoms with Crippen molar-refractivity contribution in [2.24, 2.45) is 11.7 Å². The Kier molecular flexibility index (Phi) is 5.62. The van der Waals surface area contributed by atoms with E-state index in [0.717, 1.165) is 12.5 Å². The lowest BCUT2D eigenvalue weighted by molar-refractivity contribution is 0.0867. The molecule has 3 unspecified atom stereocenters. The van der Waals surface area contributed by atoms with E-state index in [1.54, 1.807) is 0 Å². The maximum atomic E-state index is 6.07. The van der Waals surface area contributed by atoms with Gasteiger partial charge in [-0.05, 0) is 44.9 Å². The van der Waals surface area contributed by atoms with Crippen LogP contribution in [0.3, 0.4) is 0 Å². The second-order valence-corrected chi connectivity index (χ2v) is 6.32. The van der Waals surface area contributed by atoms with Gasteiger partial charge >= 0.3 is 0 Å². The molecule has 1 fully saturated rings. The minimum atomic E-state index is 0.288. The van der Waals surface area contributed by atoms with Crippen molar-refractivity contribution in [1.29, 1.82) is 0 Å². The Morgan fingerprint density at radius 3 is 2.62 bits per heavy atom. The molecule has 1 aliphatic carbocycles. The Morgan fingerprint density at radius 1 is 1.56 bits per heavy atom. The number of nitrogens with zero attached hydrogens (tertiary/aromatic N) is 1. The molecule has 96 valence electrons. The van der Waals surface area contributed by atoms with Gasteiger partial charge in [0.1, 0.15) is 0 Å². The Morgan fingerprint density at radius 2 is 2.25 bits per heavy atom. The molecule has 1 rings (SSSR count). The molecule has 3 atom stereocenters. The lowest BCUT2D eigenvalue weighted by atomic mass is 9.92. The Hall–Kier alpha value is 0.270. The van der Waals surface area contributed by atoms with Gasteiger partial charge in [0.25, 0.3) is 0 Å². The summed E-state index contributed by atoms with van der Waals surface area (Å²) in [4.78, 5) is 2.59. The monoisotopic (exact) mass is 244 g/mol. The molecule has 0 aromatic rings. The zero-order valence-electron chi connectivity index (χ0n) is 11.3. The molecule has 0 aromatic carbocycles. The summed E-state index contributed by atoms with van der Waals surface area (Å²) in [5.41, 5.74) is 6.36. The normalized spacial score (nSPS) is 32.2. The standard InChI is InChI=1S/C13H28N2S/c1-5-12(9-16-4)15(3)13(10-14)7-6-11(2)8-13/h11-12H,5-10,14H2,1-4H3. The van der Waals surface area contributed by atoms with E-state index in [0.29, 0.717) is 6.04 Å². The maximum absolute atomic E-state index is 6.07. The smallest absolute Gasteiger partial charge is 0.0334 e. The van der Waals surface area contributed by atoms with Crippen LogP contribution in [-0.4, -0.2) is 42.1 Å². The molecular weight excluding hydrogens is 216 g/mol. The first-order chi connectivity index (χ1) is 7.59. The SMILES string of the molecule is CCC(CSC)N(C)C1(CN)CCC(C)C1. The summed E-state index contributed by atoms with van der Waals surface area (Å²) in [5, 5.41) is 0. The van der Waals surface area contributed by atoms with E-state index in [2.05, 4.69) is 32.1 Å². The van der Waals surface area contributed by atoms with Crippen LogP contribution in [0.25, 0.3) is 0 Å². The number of rotatable bonds is 6. The van der Waals surface area contributed by atoms with Crippen molar-refractivity contribution in [2.75, 3.05) is 25.6 Å². The van der Waals surface area contributed by atoms with Gasteiger partial charge in [0.15, 0.2) is 0 Å². The van der Waals surface area contributed by atoms with E-state index in [9.17, 15) is 0 Å². The fourth-order valence-electron chi connectivity index (χ4n) is 3.10. The van der Waals surface area contributed by atoms with Crippen molar-refractivity contribution in [3.8, 4) is 0 Å². The molecule has 0 aliphatic heterocycles. The maximum Gasteiger partial charge on any atom is 0.0334 e. The van der Waals surface area contributed by atoms with Crippen molar-refractivity contribution in [3.05, 3.63) is 0 Å². The van der Waals surface area contributed by atoms with Crippen LogP contribution in [0.2, 0.25) is 0 Å². The number of thioether (sulfide) groups is 1. The molecule has 0 heterocycles. The minimum absolute atomic E-state index is 0.288. The summed E-state index contributed by atoms with van der Waals surface area (Å²) in [7, 11) is 2.29. The molecule has 2 nitrogen and oxygen atoms in total.